The number of carbonyl (C=O) groups excluding carboxylic acids is 2. The lowest BCUT2D eigenvalue weighted by Crippen LogP contribution is -2.55. The zero-order chi connectivity index (χ0) is 18.4. The van der Waals surface area contributed by atoms with Gasteiger partial charge in [-0.1, -0.05) is 48.5 Å². The molecule has 2 unspecified atom stereocenters. The Bertz CT molecular complexity index is 733. The van der Waals surface area contributed by atoms with Gasteiger partial charge in [0.1, 0.15) is 0 Å². The predicted molar refractivity (Wildman–Crippen MR) is 99.7 cm³/mol. The van der Waals surface area contributed by atoms with Gasteiger partial charge < -0.3 is 15.3 Å². The third kappa shape index (κ3) is 4.70. The van der Waals surface area contributed by atoms with E-state index >= 15 is 0 Å². The summed E-state index contributed by atoms with van der Waals surface area (Å²) >= 11 is 0. The van der Waals surface area contributed by atoms with Crippen LogP contribution in [0.3, 0.4) is 0 Å². The average molecular weight is 352 g/mol. The second-order valence-corrected chi connectivity index (χ2v) is 6.63. The van der Waals surface area contributed by atoms with E-state index in [0.29, 0.717) is 31.4 Å². The molecule has 1 saturated heterocycles. The van der Waals surface area contributed by atoms with Crippen molar-refractivity contribution in [1.82, 2.24) is 10.2 Å². The van der Waals surface area contributed by atoms with E-state index in [0.717, 1.165) is 5.56 Å². The number of aryl methyl sites for hydroxylation is 1. The summed E-state index contributed by atoms with van der Waals surface area (Å²) in [7, 11) is 0. The maximum Gasteiger partial charge on any atom is 0.253 e. The molecule has 1 fully saturated rings. The molecular weight excluding hydrogens is 328 g/mol. The van der Waals surface area contributed by atoms with Gasteiger partial charge in [-0.05, 0) is 30.5 Å². The summed E-state index contributed by atoms with van der Waals surface area (Å²) in [6, 6.07) is 18.6. The SMILES string of the molecule is O=C(CCc1ccccc1)NC1CCN(C(=O)c2ccccc2)CC1O. The fraction of sp³-hybridized carbons (Fsp3) is 0.333. The van der Waals surface area contributed by atoms with Crippen LogP contribution in [0.1, 0.15) is 28.8 Å². The van der Waals surface area contributed by atoms with Crippen molar-refractivity contribution in [3.63, 3.8) is 0 Å². The molecule has 5 heteroatoms. The number of likely N-dealkylation sites (tertiary alicyclic amines) is 1. The van der Waals surface area contributed by atoms with Crippen LogP contribution >= 0.6 is 0 Å². The van der Waals surface area contributed by atoms with Crippen LogP contribution in [0.4, 0.5) is 0 Å². The number of β-amino-alcohol motifs (C(OH)–C–C–N with tert-alkyl or cyclic N) is 1. The first-order valence-electron chi connectivity index (χ1n) is 8.99. The molecule has 0 saturated carbocycles. The number of nitrogens with zero attached hydrogens (tertiary/aromatic N) is 1. The van der Waals surface area contributed by atoms with Gasteiger partial charge >= 0.3 is 0 Å². The topological polar surface area (TPSA) is 69.6 Å². The van der Waals surface area contributed by atoms with Crippen molar-refractivity contribution in [3.8, 4) is 0 Å². The molecular formula is C21H24N2O3. The lowest BCUT2D eigenvalue weighted by atomic mass is 10.00. The molecule has 3 rings (SSSR count). The van der Waals surface area contributed by atoms with Gasteiger partial charge in [-0.15, -0.1) is 0 Å². The van der Waals surface area contributed by atoms with Gasteiger partial charge in [-0.3, -0.25) is 9.59 Å². The first kappa shape index (κ1) is 18.1. The zero-order valence-corrected chi connectivity index (χ0v) is 14.7. The van der Waals surface area contributed by atoms with Crippen LogP contribution in [-0.4, -0.2) is 47.1 Å². The van der Waals surface area contributed by atoms with Crippen molar-refractivity contribution < 1.29 is 14.7 Å². The largest absolute Gasteiger partial charge is 0.389 e. The van der Waals surface area contributed by atoms with Gasteiger partial charge in [0.25, 0.3) is 5.91 Å². The maximum atomic E-state index is 12.5. The first-order chi connectivity index (χ1) is 12.6. The minimum Gasteiger partial charge on any atom is -0.389 e. The molecule has 0 radical (unpaired) electrons. The minimum absolute atomic E-state index is 0.0688. The lowest BCUT2D eigenvalue weighted by molar-refractivity contribution is -0.123. The van der Waals surface area contributed by atoms with Crippen molar-refractivity contribution in [3.05, 3.63) is 71.8 Å². The van der Waals surface area contributed by atoms with E-state index in [1.165, 1.54) is 0 Å². The fourth-order valence-electron chi connectivity index (χ4n) is 3.23. The van der Waals surface area contributed by atoms with E-state index in [2.05, 4.69) is 5.32 Å². The number of hydrogen-bond acceptors (Lipinski definition) is 3. The molecule has 1 aliphatic rings. The highest BCUT2D eigenvalue weighted by atomic mass is 16.3. The smallest absolute Gasteiger partial charge is 0.253 e. The van der Waals surface area contributed by atoms with Crippen molar-refractivity contribution in [2.75, 3.05) is 13.1 Å². The Morgan fingerprint density at radius 3 is 2.35 bits per heavy atom. The van der Waals surface area contributed by atoms with Crippen LogP contribution < -0.4 is 5.32 Å². The van der Waals surface area contributed by atoms with Gasteiger partial charge in [0.05, 0.1) is 12.1 Å². The minimum atomic E-state index is -0.753. The Labute approximate surface area is 153 Å². The number of hydrogen-bond donors (Lipinski definition) is 2. The number of aliphatic hydroxyl groups excluding tert-OH is 1. The van der Waals surface area contributed by atoms with Crippen LogP contribution in [0.15, 0.2) is 60.7 Å². The van der Waals surface area contributed by atoms with Gasteiger partial charge in [0, 0.05) is 25.1 Å². The summed E-state index contributed by atoms with van der Waals surface area (Å²) in [5.41, 5.74) is 1.73. The molecule has 0 bridgehead atoms. The number of carbonyl (C=O) groups is 2. The number of benzene rings is 2. The van der Waals surface area contributed by atoms with Gasteiger partial charge in [-0.25, -0.2) is 0 Å². The highest BCUT2D eigenvalue weighted by Crippen LogP contribution is 2.15. The van der Waals surface area contributed by atoms with Crippen LogP contribution in [0, 0.1) is 0 Å². The second-order valence-electron chi connectivity index (χ2n) is 6.63. The molecule has 136 valence electrons. The highest BCUT2D eigenvalue weighted by Gasteiger charge is 2.31. The standard InChI is InChI=1S/C21H24N2O3/c24-19-15-23(21(26)17-9-5-2-6-10-17)14-13-18(19)22-20(25)12-11-16-7-3-1-4-8-16/h1-10,18-19,24H,11-15H2,(H,22,25). The van der Waals surface area contributed by atoms with Crippen LogP contribution in [-0.2, 0) is 11.2 Å². The Morgan fingerprint density at radius 2 is 1.69 bits per heavy atom. The summed E-state index contributed by atoms with van der Waals surface area (Å²) < 4.78 is 0. The summed E-state index contributed by atoms with van der Waals surface area (Å²) in [6.45, 7) is 0.756. The average Bonchev–Trinajstić information content (AvgIpc) is 2.69. The van der Waals surface area contributed by atoms with Gasteiger partial charge in [0.2, 0.25) is 5.91 Å². The molecule has 0 aromatic heterocycles. The number of amides is 2. The molecule has 2 atom stereocenters. The van der Waals surface area contributed by atoms with Crippen molar-refractivity contribution >= 4 is 11.8 Å². The Morgan fingerprint density at radius 1 is 1.04 bits per heavy atom. The van der Waals surface area contributed by atoms with Crippen molar-refractivity contribution in [2.45, 2.75) is 31.4 Å². The van der Waals surface area contributed by atoms with E-state index in [1.807, 2.05) is 48.5 Å². The molecule has 2 N–H and O–H groups in total. The van der Waals surface area contributed by atoms with E-state index in [-0.39, 0.29) is 24.4 Å². The van der Waals surface area contributed by atoms with E-state index in [4.69, 9.17) is 0 Å². The summed E-state index contributed by atoms with van der Waals surface area (Å²) in [5.74, 6) is -0.153. The highest BCUT2D eigenvalue weighted by molar-refractivity contribution is 5.94. The number of aliphatic hydroxyl groups is 1. The van der Waals surface area contributed by atoms with Gasteiger partial charge in [-0.2, -0.15) is 0 Å². The molecule has 5 nitrogen and oxygen atoms in total. The molecule has 0 spiro atoms. The van der Waals surface area contributed by atoms with E-state index in [1.54, 1.807) is 17.0 Å². The van der Waals surface area contributed by atoms with Crippen molar-refractivity contribution in [1.29, 1.82) is 0 Å². The summed E-state index contributed by atoms with van der Waals surface area (Å²) in [5, 5.41) is 13.3. The van der Waals surface area contributed by atoms with Crippen LogP contribution in [0.25, 0.3) is 0 Å². The molecule has 0 aliphatic carbocycles. The van der Waals surface area contributed by atoms with Crippen LogP contribution in [0.2, 0.25) is 0 Å². The Kier molecular flexibility index (Phi) is 6.02. The molecule has 26 heavy (non-hydrogen) atoms. The molecule has 2 aromatic carbocycles. The van der Waals surface area contributed by atoms with E-state index < -0.39 is 6.10 Å². The monoisotopic (exact) mass is 352 g/mol. The first-order valence-corrected chi connectivity index (χ1v) is 8.99. The maximum absolute atomic E-state index is 12.5. The number of nitrogens with one attached hydrogen (secondary N) is 1. The number of rotatable bonds is 5. The molecule has 2 aromatic rings. The third-order valence-electron chi connectivity index (χ3n) is 4.72. The normalized spacial score (nSPS) is 19.8. The molecule has 1 heterocycles. The Hall–Kier alpha value is -2.66. The fourth-order valence-corrected chi connectivity index (χ4v) is 3.23. The van der Waals surface area contributed by atoms with Crippen molar-refractivity contribution in [2.24, 2.45) is 0 Å². The second kappa shape index (κ2) is 8.63. The van der Waals surface area contributed by atoms with Crippen LogP contribution in [0.5, 0.6) is 0 Å². The third-order valence-corrected chi connectivity index (χ3v) is 4.72. The molecule has 2 amide bonds. The predicted octanol–water partition coefficient (Wildman–Crippen LogP) is 2.01. The van der Waals surface area contributed by atoms with Gasteiger partial charge in [0.15, 0.2) is 0 Å². The molecule has 1 aliphatic heterocycles. The Balaban J connectivity index is 1.48. The quantitative estimate of drug-likeness (QED) is 0.865. The summed E-state index contributed by atoms with van der Waals surface area (Å²) in [4.78, 5) is 26.3. The lowest BCUT2D eigenvalue weighted by Gasteiger charge is -2.36. The zero-order valence-electron chi connectivity index (χ0n) is 14.7. The number of piperidine rings is 1. The van der Waals surface area contributed by atoms with E-state index in [9.17, 15) is 14.7 Å². The summed E-state index contributed by atoms with van der Waals surface area (Å²) in [6.07, 6.45) is 0.863.